The molecule has 2 aromatic rings. The van der Waals surface area contributed by atoms with Gasteiger partial charge in [0.1, 0.15) is 0 Å². The predicted molar refractivity (Wildman–Crippen MR) is 76.0 cm³/mol. The zero-order valence-corrected chi connectivity index (χ0v) is 11.0. The van der Waals surface area contributed by atoms with Crippen LogP contribution in [0.5, 0.6) is 0 Å². The maximum Gasteiger partial charge on any atom is 0.354 e. The Bertz CT molecular complexity index is 665. The summed E-state index contributed by atoms with van der Waals surface area (Å²) < 4.78 is 0. The van der Waals surface area contributed by atoms with E-state index in [1.165, 1.54) is 6.07 Å². The molecular weight excluding hydrogens is 256 g/mol. The highest BCUT2D eigenvalue weighted by Crippen LogP contribution is 2.32. The smallest absolute Gasteiger partial charge is 0.354 e. The molecule has 5 heteroatoms. The number of carboxylic acids is 1. The van der Waals surface area contributed by atoms with Crippen LogP contribution in [0.2, 0.25) is 0 Å². The summed E-state index contributed by atoms with van der Waals surface area (Å²) in [5.74, 6) is -1.05. The van der Waals surface area contributed by atoms with Gasteiger partial charge in [-0.3, -0.25) is 0 Å². The third-order valence-electron chi connectivity index (χ3n) is 3.83. The normalized spacial score (nSPS) is 16.6. The fourth-order valence-corrected chi connectivity index (χ4v) is 2.45. The van der Waals surface area contributed by atoms with Crippen molar-refractivity contribution in [2.75, 3.05) is 11.9 Å². The Balaban J connectivity index is 1.96. The van der Waals surface area contributed by atoms with Crippen molar-refractivity contribution in [3.8, 4) is 0 Å². The number of carboxylic acid groups (broad SMARTS) is 1. The minimum Gasteiger partial charge on any atom is -0.477 e. The Morgan fingerprint density at radius 2 is 2.10 bits per heavy atom. The van der Waals surface area contributed by atoms with Gasteiger partial charge < -0.3 is 15.5 Å². The summed E-state index contributed by atoms with van der Waals surface area (Å²) >= 11 is 0. The van der Waals surface area contributed by atoms with Crippen molar-refractivity contribution in [3.05, 3.63) is 36.0 Å². The van der Waals surface area contributed by atoms with Crippen LogP contribution in [0.25, 0.3) is 10.9 Å². The second-order valence-corrected chi connectivity index (χ2v) is 5.31. The lowest BCUT2D eigenvalue weighted by Gasteiger charge is -2.37. The molecule has 0 radical (unpaired) electrons. The summed E-state index contributed by atoms with van der Waals surface area (Å²) in [7, 11) is 0. The lowest BCUT2D eigenvalue weighted by Crippen LogP contribution is -2.43. The van der Waals surface area contributed by atoms with Crippen LogP contribution in [0, 0.1) is 0 Å². The van der Waals surface area contributed by atoms with Crippen LogP contribution in [0.15, 0.2) is 30.3 Å². The molecule has 0 aliphatic heterocycles. The molecule has 1 aromatic carbocycles. The summed E-state index contributed by atoms with van der Waals surface area (Å²) in [5.41, 5.74) is 0.684. The lowest BCUT2D eigenvalue weighted by molar-refractivity contribution is -0.0201. The monoisotopic (exact) mass is 272 g/mol. The first kappa shape index (κ1) is 12.9. The van der Waals surface area contributed by atoms with Gasteiger partial charge in [-0.15, -0.1) is 0 Å². The molecular formula is C15H16N2O3. The van der Waals surface area contributed by atoms with Gasteiger partial charge >= 0.3 is 5.97 Å². The number of para-hydroxylation sites is 1. The van der Waals surface area contributed by atoms with Gasteiger partial charge in [-0.2, -0.15) is 0 Å². The largest absolute Gasteiger partial charge is 0.477 e. The number of nitrogens with zero attached hydrogens (tertiary/aromatic N) is 1. The Morgan fingerprint density at radius 3 is 2.75 bits per heavy atom. The van der Waals surface area contributed by atoms with Crippen LogP contribution in [0.1, 0.15) is 29.8 Å². The van der Waals surface area contributed by atoms with Crippen molar-refractivity contribution in [1.82, 2.24) is 4.98 Å². The number of benzene rings is 1. The van der Waals surface area contributed by atoms with Crippen molar-refractivity contribution in [1.29, 1.82) is 0 Å². The van der Waals surface area contributed by atoms with Crippen molar-refractivity contribution >= 4 is 22.6 Å². The summed E-state index contributed by atoms with van der Waals surface area (Å²) in [6, 6.07) is 8.90. The van der Waals surface area contributed by atoms with Crippen LogP contribution in [-0.4, -0.2) is 33.3 Å². The zero-order chi connectivity index (χ0) is 14.2. The zero-order valence-electron chi connectivity index (χ0n) is 11.0. The number of anilines is 1. The van der Waals surface area contributed by atoms with E-state index in [-0.39, 0.29) is 5.69 Å². The molecule has 0 unspecified atom stereocenters. The lowest BCUT2D eigenvalue weighted by atomic mass is 9.80. The van der Waals surface area contributed by atoms with Gasteiger partial charge in [0.2, 0.25) is 0 Å². The van der Waals surface area contributed by atoms with E-state index in [0.29, 0.717) is 17.7 Å². The maximum atomic E-state index is 11.1. The molecule has 1 saturated carbocycles. The standard InChI is InChI=1S/C15H16N2O3/c18-14(19)13-8-12(16-9-15(20)6-3-7-15)10-4-1-2-5-11(10)17-13/h1-2,4-5,8,20H,3,6-7,9H2,(H,16,17)(H,18,19). The molecule has 3 rings (SSSR count). The van der Waals surface area contributed by atoms with Gasteiger partial charge in [0.25, 0.3) is 0 Å². The minimum absolute atomic E-state index is 0.00630. The number of aromatic carboxylic acids is 1. The molecule has 0 spiro atoms. The van der Waals surface area contributed by atoms with Crippen LogP contribution in [-0.2, 0) is 0 Å². The quantitative estimate of drug-likeness (QED) is 0.795. The van der Waals surface area contributed by atoms with E-state index in [1.807, 2.05) is 18.2 Å². The van der Waals surface area contributed by atoms with Gasteiger partial charge in [-0.05, 0) is 31.4 Å². The second-order valence-electron chi connectivity index (χ2n) is 5.31. The summed E-state index contributed by atoms with van der Waals surface area (Å²) in [4.78, 5) is 15.2. The molecule has 1 aliphatic carbocycles. The summed E-state index contributed by atoms with van der Waals surface area (Å²) in [6.07, 6.45) is 2.61. The van der Waals surface area contributed by atoms with E-state index in [4.69, 9.17) is 5.11 Å². The SMILES string of the molecule is O=C(O)c1cc(NCC2(O)CCC2)c2ccccc2n1. The van der Waals surface area contributed by atoms with Crippen molar-refractivity contribution < 1.29 is 15.0 Å². The third kappa shape index (κ3) is 2.32. The van der Waals surface area contributed by atoms with Crippen LogP contribution in [0.4, 0.5) is 5.69 Å². The molecule has 1 heterocycles. The van der Waals surface area contributed by atoms with Gasteiger partial charge in [0, 0.05) is 17.6 Å². The van der Waals surface area contributed by atoms with Gasteiger partial charge in [-0.25, -0.2) is 9.78 Å². The van der Waals surface area contributed by atoms with Crippen molar-refractivity contribution in [2.45, 2.75) is 24.9 Å². The number of aromatic nitrogens is 1. The molecule has 0 amide bonds. The van der Waals surface area contributed by atoms with E-state index in [9.17, 15) is 9.90 Å². The van der Waals surface area contributed by atoms with Crippen LogP contribution < -0.4 is 5.32 Å². The number of hydrogen-bond donors (Lipinski definition) is 3. The maximum absolute atomic E-state index is 11.1. The number of aliphatic hydroxyl groups is 1. The first-order valence-electron chi connectivity index (χ1n) is 6.67. The summed E-state index contributed by atoms with van der Waals surface area (Å²) in [6.45, 7) is 0.431. The average molecular weight is 272 g/mol. The Hall–Kier alpha value is -2.14. The van der Waals surface area contributed by atoms with Gasteiger partial charge in [0.15, 0.2) is 5.69 Å². The second kappa shape index (κ2) is 4.76. The highest BCUT2D eigenvalue weighted by Gasteiger charge is 2.34. The highest BCUT2D eigenvalue weighted by atomic mass is 16.4. The Kier molecular flexibility index (Phi) is 3.06. The van der Waals surface area contributed by atoms with E-state index >= 15 is 0 Å². The molecule has 1 aromatic heterocycles. The average Bonchev–Trinajstić information content (AvgIpc) is 2.42. The first-order chi connectivity index (χ1) is 9.57. The first-order valence-corrected chi connectivity index (χ1v) is 6.67. The minimum atomic E-state index is -1.05. The molecule has 1 aliphatic rings. The van der Waals surface area contributed by atoms with Crippen molar-refractivity contribution in [2.24, 2.45) is 0 Å². The number of carbonyl (C=O) groups is 1. The summed E-state index contributed by atoms with van der Waals surface area (Å²) in [5, 5.41) is 23.3. The Morgan fingerprint density at radius 1 is 1.35 bits per heavy atom. The third-order valence-corrected chi connectivity index (χ3v) is 3.83. The number of pyridine rings is 1. The molecule has 0 atom stereocenters. The van der Waals surface area contributed by atoms with E-state index in [2.05, 4.69) is 10.3 Å². The highest BCUT2D eigenvalue weighted by molar-refractivity contribution is 5.97. The van der Waals surface area contributed by atoms with E-state index in [0.717, 1.165) is 24.6 Å². The number of hydrogen-bond acceptors (Lipinski definition) is 4. The molecule has 0 bridgehead atoms. The van der Waals surface area contributed by atoms with Crippen LogP contribution in [0.3, 0.4) is 0 Å². The van der Waals surface area contributed by atoms with E-state index < -0.39 is 11.6 Å². The molecule has 1 fully saturated rings. The van der Waals surface area contributed by atoms with Crippen LogP contribution >= 0.6 is 0 Å². The Labute approximate surface area is 116 Å². The van der Waals surface area contributed by atoms with Gasteiger partial charge in [-0.1, -0.05) is 18.2 Å². The van der Waals surface area contributed by atoms with Gasteiger partial charge in [0.05, 0.1) is 11.1 Å². The van der Waals surface area contributed by atoms with Crippen molar-refractivity contribution in [3.63, 3.8) is 0 Å². The molecule has 3 N–H and O–H groups in total. The number of nitrogens with one attached hydrogen (secondary N) is 1. The molecule has 20 heavy (non-hydrogen) atoms. The fraction of sp³-hybridized carbons (Fsp3) is 0.333. The molecule has 5 nitrogen and oxygen atoms in total. The molecule has 104 valence electrons. The topological polar surface area (TPSA) is 82.5 Å². The number of rotatable bonds is 4. The fourth-order valence-electron chi connectivity index (χ4n) is 2.45. The number of fused-ring (bicyclic) bond motifs is 1. The predicted octanol–water partition coefficient (Wildman–Crippen LogP) is 2.26. The molecule has 0 saturated heterocycles. The van der Waals surface area contributed by atoms with E-state index in [1.54, 1.807) is 6.07 Å².